The highest BCUT2D eigenvalue weighted by molar-refractivity contribution is 7.04. The van der Waals surface area contributed by atoms with E-state index in [2.05, 4.69) is 14.4 Å². The molecule has 0 atom stereocenters. The number of aromatic nitrogens is 1. The molecule has 0 aliphatic heterocycles. The number of halogens is 3. The lowest BCUT2D eigenvalue weighted by molar-refractivity contribution is -0.159. The van der Waals surface area contributed by atoms with E-state index in [0.29, 0.717) is 5.69 Å². The molecule has 1 amide bonds. The molecule has 1 N–H and O–H groups in total. The molecule has 14 heavy (non-hydrogen) atoms. The number of amides is 1. The first-order chi connectivity index (χ1) is 6.47. The molecule has 8 heteroatoms. The normalized spacial score (nSPS) is 11.1. The molecule has 1 aromatic rings. The topological polar surface area (TPSA) is 51.2 Å². The van der Waals surface area contributed by atoms with Crippen LogP contribution in [0, 0.1) is 0 Å². The smallest absolute Gasteiger partial charge is 0.422 e. The summed E-state index contributed by atoms with van der Waals surface area (Å²) in [7, 11) is 0. The van der Waals surface area contributed by atoms with Crippen LogP contribution in [0.1, 0.15) is 0 Å². The number of anilines is 1. The number of ether oxygens (including phenoxy) is 1. The molecule has 0 aromatic carbocycles. The Balaban J connectivity index is 2.30. The number of nitrogens with one attached hydrogen (secondary N) is 1. The number of hydrogen-bond acceptors (Lipinski definition) is 4. The third-order valence-corrected chi connectivity index (χ3v) is 1.63. The van der Waals surface area contributed by atoms with Gasteiger partial charge in [-0.05, 0) is 11.5 Å². The van der Waals surface area contributed by atoms with Crippen molar-refractivity contribution < 1.29 is 22.7 Å². The fraction of sp³-hybridized carbons (Fsp3) is 0.333. The number of nitrogens with zero attached hydrogens (tertiary/aromatic N) is 1. The van der Waals surface area contributed by atoms with E-state index in [-0.39, 0.29) is 0 Å². The predicted molar refractivity (Wildman–Crippen MR) is 43.1 cm³/mol. The molecule has 78 valence electrons. The van der Waals surface area contributed by atoms with Crippen LogP contribution in [-0.4, -0.2) is 23.2 Å². The van der Waals surface area contributed by atoms with Gasteiger partial charge in [-0.1, -0.05) is 0 Å². The highest BCUT2D eigenvalue weighted by atomic mass is 32.1. The summed E-state index contributed by atoms with van der Waals surface area (Å²) in [6.07, 6.45) is -4.36. The van der Waals surface area contributed by atoms with Crippen LogP contribution in [0.2, 0.25) is 0 Å². The van der Waals surface area contributed by atoms with Crippen LogP contribution < -0.4 is 5.32 Å². The average Bonchev–Trinajstić information content (AvgIpc) is 2.52. The zero-order valence-electron chi connectivity index (χ0n) is 6.67. The number of carbonyl (C=O) groups is 1. The van der Waals surface area contributed by atoms with E-state index < -0.39 is 18.9 Å². The van der Waals surface area contributed by atoms with Gasteiger partial charge in [0.25, 0.3) is 0 Å². The number of hydrogen-bond donors (Lipinski definition) is 1. The first-order valence-corrected chi connectivity index (χ1v) is 4.21. The van der Waals surface area contributed by atoms with Crippen LogP contribution in [0.4, 0.5) is 23.7 Å². The van der Waals surface area contributed by atoms with E-state index in [4.69, 9.17) is 0 Å². The van der Waals surface area contributed by atoms with Gasteiger partial charge >= 0.3 is 12.3 Å². The highest BCUT2D eigenvalue weighted by Crippen LogP contribution is 2.15. The van der Waals surface area contributed by atoms with Gasteiger partial charge in [0.15, 0.2) is 6.61 Å². The molecular weight excluding hydrogens is 221 g/mol. The van der Waals surface area contributed by atoms with E-state index >= 15 is 0 Å². The summed E-state index contributed by atoms with van der Waals surface area (Å²) in [6.45, 7) is -1.60. The van der Waals surface area contributed by atoms with Gasteiger partial charge in [0.05, 0.1) is 11.9 Å². The molecule has 4 nitrogen and oxygen atoms in total. The Hall–Kier alpha value is -1.31. The quantitative estimate of drug-likeness (QED) is 0.841. The van der Waals surface area contributed by atoms with Gasteiger partial charge < -0.3 is 4.74 Å². The molecule has 0 spiro atoms. The Morgan fingerprint density at radius 3 is 2.86 bits per heavy atom. The summed E-state index contributed by atoms with van der Waals surface area (Å²) in [4.78, 5) is 10.7. The maximum Gasteiger partial charge on any atom is 0.422 e. The molecule has 0 aliphatic rings. The maximum atomic E-state index is 11.6. The maximum absolute atomic E-state index is 11.6. The molecule has 0 radical (unpaired) electrons. The van der Waals surface area contributed by atoms with Gasteiger partial charge in [-0.25, -0.2) is 4.79 Å². The van der Waals surface area contributed by atoms with E-state index in [0.717, 1.165) is 11.5 Å². The van der Waals surface area contributed by atoms with Crippen LogP contribution >= 0.6 is 11.5 Å². The van der Waals surface area contributed by atoms with Gasteiger partial charge in [-0.15, -0.1) is 0 Å². The fourth-order valence-electron chi connectivity index (χ4n) is 0.568. The largest absolute Gasteiger partial charge is 0.440 e. The van der Waals surface area contributed by atoms with E-state index in [1.54, 1.807) is 0 Å². The third-order valence-electron chi connectivity index (χ3n) is 1.05. The van der Waals surface area contributed by atoms with Gasteiger partial charge in [-0.2, -0.15) is 17.5 Å². The minimum atomic E-state index is -4.51. The van der Waals surface area contributed by atoms with E-state index in [9.17, 15) is 18.0 Å². The minimum Gasteiger partial charge on any atom is -0.440 e. The molecule has 1 heterocycles. The fourth-order valence-corrected chi connectivity index (χ4v) is 1.04. The zero-order chi connectivity index (χ0) is 10.6. The Bertz CT molecular complexity index is 299. The Morgan fingerprint density at radius 1 is 1.64 bits per heavy atom. The summed E-state index contributed by atoms with van der Waals surface area (Å²) in [5, 5.41) is 3.55. The van der Waals surface area contributed by atoms with Gasteiger partial charge in [0.2, 0.25) is 0 Å². The molecule has 0 saturated carbocycles. The second-order valence-corrected chi connectivity index (χ2v) is 2.89. The Kier molecular flexibility index (Phi) is 3.28. The molecule has 0 aliphatic carbocycles. The molecular formula is C6H5F3N2O2S. The van der Waals surface area contributed by atoms with Gasteiger partial charge in [0, 0.05) is 5.38 Å². The van der Waals surface area contributed by atoms with Crippen LogP contribution in [0.5, 0.6) is 0 Å². The lowest BCUT2D eigenvalue weighted by atomic mass is 10.6. The second-order valence-electron chi connectivity index (χ2n) is 2.23. The standard InChI is InChI=1S/C6H5F3N2O2S/c7-6(8,9)3-13-5(12)11-4-1-10-14-2-4/h1-2H,3H2,(H,11,12). The summed E-state index contributed by atoms with van der Waals surface area (Å²) in [6, 6.07) is 0. The summed E-state index contributed by atoms with van der Waals surface area (Å²) < 4.78 is 42.3. The van der Waals surface area contributed by atoms with Crippen molar-refractivity contribution in [2.45, 2.75) is 6.18 Å². The zero-order valence-corrected chi connectivity index (χ0v) is 7.48. The highest BCUT2D eigenvalue weighted by Gasteiger charge is 2.29. The minimum absolute atomic E-state index is 0.308. The second kappa shape index (κ2) is 4.27. The summed E-state index contributed by atoms with van der Waals surface area (Å²) >= 11 is 1.06. The lowest BCUT2D eigenvalue weighted by Crippen LogP contribution is -2.23. The first-order valence-electron chi connectivity index (χ1n) is 3.37. The summed E-state index contributed by atoms with van der Waals surface area (Å²) in [5.41, 5.74) is 0.308. The molecule has 0 saturated heterocycles. The van der Waals surface area contributed by atoms with Crippen LogP contribution in [-0.2, 0) is 4.74 Å². The number of rotatable bonds is 2. The van der Waals surface area contributed by atoms with Crippen LogP contribution in [0.3, 0.4) is 0 Å². The molecule has 0 fully saturated rings. The monoisotopic (exact) mass is 226 g/mol. The Labute approximate surface area is 80.8 Å². The molecule has 0 bridgehead atoms. The van der Waals surface area contributed by atoms with Crippen molar-refractivity contribution in [3.8, 4) is 0 Å². The van der Waals surface area contributed by atoms with Crippen molar-refractivity contribution in [2.24, 2.45) is 0 Å². The van der Waals surface area contributed by atoms with Crippen molar-refractivity contribution >= 4 is 23.3 Å². The van der Waals surface area contributed by atoms with Crippen molar-refractivity contribution in [1.82, 2.24) is 4.37 Å². The third kappa shape index (κ3) is 4.08. The SMILES string of the molecule is O=C(Nc1cnsc1)OCC(F)(F)F. The average molecular weight is 226 g/mol. The van der Waals surface area contributed by atoms with Crippen LogP contribution in [0.15, 0.2) is 11.6 Å². The molecule has 0 unspecified atom stereocenters. The Morgan fingerprint density at radius 2 is 2.36 bits per heavy atom. The molecule has 1 rings (SSSR count). The number of carbonyl (C=O) groups excluding carboxylic acids is 1. The van der Waals surface area contributed by atoms with Crippen molar-refractivity contribution in [1.29, 1.82) is 0 Å². The summed E-state index contributed by atoms with van der Waals surface area (Å²) in [5.74, 6) is 0. The van der Waals surface area contributed by atoms with Crippen molar-refractivity contribution in [3.05, 3.63) is 11.6 Å². The van der Waals surface area contributed by atoms with E-state index in [1.165, 1.54) is 11.6 Å². The van der Waals surface area contributed by atoms with Crippen LogP contribution in [0.25, 0.3) is 0 Å². The van der Waals surface area contributed by atoms with Crippen molar-refractivity contribution in [2.75, 3.05) is 11.9 Å². The first kappa shape index (κ1) is 10.8. The number of alkyl halides is 3. The molecule has 1 aromatic heterocycles. The lowest BCUT2D eigenvalue weighted by Gasteiger charge is -2.07. The van der Waals surface area contributed by atoms with E-state index in [1.807, 2.05) is 0 Å². The van der Waals surface area contributed by atoms with Crippen molar-refractivity contribution in [3.63, 3.8) is 0 Å². The van der Waals surface area contributed by atoms with Gasteiger partial charge in [-0.3, -0.25) is 5.32 Å². The van der Waals surface area contributed by atoms with Gasteiger partial charge in [0.1, 0.15) is 0 Å². The predicted octanol–water partition coefficient (Wildman–Crippen LogP) is 2.25.